The minimum Gasteiger partial charge on any atom is -0.465 e. The molecular weight excluding hydrogens is 218 g/mol. The van der Waals surface area contributed by atoms with Crippen molar-refractivity contribution in [3.8, 4) is 0 Å². The Balaban J connectivity index is 0.00000256. The van der Waals surface area contributed by atoms with E-state index in [1.54, 1.807) is 0 Å². The predicted octanol–water partition coefficient (Wildman–Crippen LogP) is 1.93. The third-order valence-corrected chi connectivity index (χ3v) is 2.57. The van der Waals surface area contributed by atoms with Gasteiger partial charge in [-0.2, -0.15) is 0 Å². The first kappa shape index (κ1) is 16.4. The SMILES string of the molecule is C.CC(C)(C)C(=O)OCCCN1CCOCC1. The fourth-order valence-corrected chi connectivity index (χ4v) is 1.49. The van der Waals surface area contributed by atoms with Crippen LogP contribution in [0.2, 0.25) is 0 Å². The topological polar surface area (TPSA) is 38.8 Å². The highest BCUT2D eigenvalue weighted by atomic mass is 16.5. The summed E-state index contributed by atoms with van der Waals surface area (Å²) in [6.07, 6.45) is 0.905. The largest absolute Gasteiger partial charge is 0.465 e. The Morgan fingerprint density at radius 3 is 2.41 bits per heavy atom. The van der Waals surface area contributed by atoms with Crippen molar-refractivity contribution in [3.05, 3.63) is 0 Å². The van der Waals surface area contributed by atoms with Crippen molar-refractivity contribution in [2.45, 2.75) is 34.6 Å². The van der Waals surface area contributed by atoms with Crippen LogP contribution in [0.4, 0.5) is 0 Å². The molecule has 0 unspecified atom stereocenters. The lowest BCUT2D eigenvalue weighted by Crippen LogP contribution is -2.37. The zero-order chi connectivity index (χ0) is 12.0. The smallest absolute Gasteiger partial charge is 0.311 e. The van der Waals surface area contributed by atoms with Gasteiger partial charge in [0.25, 0.3) is 0 Å². The van der Waals surface area contributed by atoms with Gasteiger partial charge in [0, 0.05) is 19.6 Å². The van der Waals surface area contributed by atoms with Crippen LogP contribution in [0.5, 0.6) is 0 Å². The third-order valence-electron chi connectivity index (χ3n) is 2.57. The predicted molar refractivity (Wildman–Crippen MR) is 69.0 cm³/mol. The van der Waals surface area contributed by atoms with Gasteiger partial charge < -0.3 is 9.47 Å². The van der Waals surface area contributed by atoms with E-state index in [2.05, 4.69) is 4.90 Å². The second-order valence-corrected chi connectivity index (χ2v) is 5.19. The van der Waals surface area contributed by atoms with Crippen molar-refractivity contribution in [1.29, 1.82) is 0 Å². The Morgan fingerprint density at radius 1 is 1.29 bits per heavy atom. The van der Waals surface area contributed by atoms with Crippen LogP contribution in [0.25, 0.3) is 0 Å². The summed E-state index contributed by atoms with van der Waals surface area (Å²) in [4.78, 5) is 13.8. The van der Waals surface area contributed by atoms with E-state index in [1.165, 1.54) is 0 Å². The number of carbonyl (C=O) groups is 1. The van der Waals surface area contributed by atoms with Gasteiger partial charge in [0.2, 0.25) is 0 Å². The lowest BCUT2D eigenvalue weighted by atomic mass is 9.97. The molecule has 17 heavy (non-hydrogen) atoms. The van der Waals surface area contributed by atoms with E-state index < -0.39 is 0 Å². The average molecular weight is 245 g/mol. The van der Waals surface area contributed by atoms with Crippen LogP contribution in [-0.4, -0.2) is 50.3 Å². The zero-order valence-corrected chi connectivity index (χ0v) is 10.6. The molecule has 4 heteroatoms. The molecule has 1 rings (SSSR count). The van der Waals surface area contributed by atoms with Crippen molar-refractivity contribution in [2.24, 2.45) is 5.41 Å². The molecule has 0 amide bonds. The highest BCUT2D eigenvalue weighted by Gasteiger charge is 2.22. The number of hydrogen-bond acceptors (Lipinski definition) is 4. The van der Waals surface area contributed by atoms with Gasteiger partial charge >= 0.3 is 5.97 Å². The molecule has 0 saturated carbocycles. The lowest BCUT2D eigenvalue weighted by molar-refractivity contribution is -0.153. The molecule has 1 aliphatic heterocycles. The Morgan fingerprint density at radius 2 is 1.88 bits per heavy atom. The van der Waals surface area contributed by atoms with E-state index in [-0.39, 0.29) is 18.8 Å². The van der Waals surface area contributed by atoms with Gasteiger partial charge in [-0.1, -0.05) is 7.43 Å². The van der Waals surface area contributed by atoms with Crippen LogP contribution in [0.1, 0.15) is 34.6 Å². The fraction of sp³-hybridized carbons (Fsp3) is 0.923. The van der Waals surface area contributed by atoms with E-state index in [9.17, 15) is 4.79 Å². The summed E-state index contributed by atoms with van der Waals surface area (Å²) in [6.45, 7) is 10.8. The Kier molecular flexibility index (Phi) is 7.39. The van der Waals surface area contributed by atoms with E-state index in [0.29, 0.717) is 6.61 Å². The summed E-state index contributed by atoms with van der Waals surface area (Å²) in [7, 11) is 0. The quantitative estimate of drug-likeness (QED) is 0.560. The minimum atomic E-state index is -0.390. The van der Waals surface area contributed by atoms with Gasteiger partial charge in [0.05, 0.1) is 25.2 Å². The summed E-state index contributed by atoms with van der Waals surface area (Å²) in [5.74, 6) is -0.116. The number of nitrogens with zero attached hydrogens (tertiary/aromatic N) is 1. The normalized spacial score (nSPS) is 17.4. The molecule has 0 bridgehead atoms. The Hall–Kier alpha value is -0.610. The van der Waals surface area contributed by atoms with Gasteiger partial charge in [0.1, 0.15) is 0 Å². The van der Waals surface area contributed by atoms with Gasteiger partial charge in [-0.25, -0.2) is 0 Å². The molecule has 102 valence electrons. The summed E-state index contributed by atoms with van der Waals surface area (Å²) < 4.78 is 10.5. The summed E-state index contributed by atoms with van der Waals surface area (Å²) >= 11 is 0. The number of hydrogen-bond donors (Lipinski definition) is 0. The molecule has 0 atom stereocenters. The first-order valence-electron chi connectivity index (χ1n) is 5.97. The molecule has 0 N–H and O–H groups in total. The van der Waals surface area contributed by atoms with E-state index in [0.717, 1.165) is 39.3 Å². The summed E-state index contributed by atoms with van der Waals surface area (Å²) in [6, 6.07) is 0. The molecule has 1 saturated heterocycles. The van der Waals surface area contributed by atoms with Crippen LogP contribution >= 0.6 is 0 Å². The Labute approximate surface area is 105 Å². The molecule has 1 fully saturated rings. The van der Waals surface area contributed by atoms with Crippen molar-refractivity contribution >= 4 is 5.97 Å². The maximum absolute atomic E-state index is 11.5. The zero-order valence-electron chi connectivity index (χ0n) is 10.6. The first-order chi connectivity index (χ1) is 7.50. The van der Waals surface area contributed by atoms with Crippen molar-refractivity contribution in [3.63, 3.8) is 0 Å². The van der Waals surface area contributed by atoms with E-state index >= 15 is 0 Å². The second-order valence-electron chi connectivity index (χ2n) is 5.19. The van der Waals surface area contributed by atoms with Gasteiger partial charge in [0.15, 0.2) is 0 Å². The lowest BCUT2D eigenvalue weighted by Gasteiger charge is -2.26. The van der Waals surface area contributed by atoms with Crippen LogP contribution in [0.3, 0.4) is 0 Å². The monoisotopic (exact) mass is 245 g/mol. The molecule has 0 aliphatic carbocycles. The highest BCUT2D eigenvalue weighted by Crippen LogP contribution is 2.15. The number of esters is 1. The second kappa shape index (κ2) is 7.67. The summed E-state index contributed by atoms with van der Waals surface area (Å²) in [5.41, 5.74) is -0.390. The first-order valence-corrected chi connectivity index (χ1v) is 5.97. The Bertz CT molecular complexity index is 217. The number of carbonyl (C=O) groups excluding carboxylic acids is 1. The summed E-state index contributed by atoms with van der Waals surface area (Å²) in [5, 5.41) is 0. The molecule has 4 nitrogen and oxygen atoms in total. The molecule has 0 aromatic carbocycles. The molecule has 0 aromatic heterocycles. The molecule has 0 radical (unpaired) electrons. The van der Waals surface area contributed by atoms with Crippen molar-refractivity contribution < 1.29 is 14.3 Å². The van der Waals surface area contributed by atoms with Crippen LogP contribution in [0, 0.1) is 5.41 Å². The highest BCUT2D eigenvalue weighted by molar-refractivity contribution is 5.75. The maximum atomic E-state index is 11.5. The van der Waals surface area contributed by atoms with Gasteiger partial charge in [-0.3, -0.25) is 9.69 Å². The number of rotatable bonds is 4. The van der Waals surface area contributed by atoms with Crippen LogP contribution in [0.15, 0.2) is 0 Å². The van der Waals surface area contributed by atoms with Crippen molar-refractivity contribution in [2.75, 3.05) is 39.5 Å². The minimum absolute atomic E-state index is 0. The van der Waals surface area contributed by atoms with Gasteiger partial charge in [-0.05, 0) is 27.2 Å². The van der Waals surface area contributed by atoms with Crippen molar-refractivity contribution in [1.82, 2.24) is 4.90 Å². The number of morpholine rings is 1. The van der Waals surface area contributed by atoms with E-state index in [1.807, 2.05) is 20.8 Å². The fourth-order valence-electron chi connectivity index (χ4n) is 1.49. The molecular formula is C13H27NO3. The third kappa shape index (κ3) is 6.64. The average Bonchev–Trinajstić information content (AvgIpc) is 2.24. The standard InChI is InChI=1S/C12H23NO3.CH4/c1-12(2,3)11(14)16-8-4-5-13-6-9-15-10-7-13;/h4-10H2,1-3H3;1H4. The van der Waals surface area contributed by atoms with Crippen LogP contribution < -0.4 is 0 Å². The maximum Gasteiger partial charge on any atom is 0.311 e. The molecule has 1 aliphatic rings. The van der Waals surface area contributed by atoms with Crippen LogP contribution in [-0.2, 0) is 14.3 Å². The number of ether oxygens (including phenoxy) is 2. The molecule has 0 spiro atoms. The van der Waals surface area contributed by atoms with Gasteiger partial charge in [-0.15, -0.1) is 0 Å². The van der Waals surface area contributed by atoms with E-state index in [4.69, 9.17) is 9.47 Å². The molecule has 0 aromatic rings. The molecule has 1 heterocycles.